The Morgan fingerprint density at radius 3 is 2.77 bits per heavy atom. The normalized spacial score (nSPS) is 10.5. The summed E-state index contributed by atoms with van der Waals surface area (Å²) in [5.74, 6) is 5.81. The van der Waals surface area contributed by atoms with Gasteiger partial charge < -0.3 is 5.32 Å². The minimum absolute atomic E-state index is 0.277. The van der Waals surface area contributed by atoms with Crippen molar-refractivity contribution in [2.75, 3.05) is 5.32 Å². The smallest absolute Gasteiger partial charge is 0.261 e. The maximum Gasteiger partial charge on any atom is 0.261 e. The molecule has 1 N–H and O–H groups in total. The first-order chi connectivity index (χ1) is 15.3. The van der Waals surface area contributed by atoms with Crippen LogP contribution in [-0.2, 0) is 0 Å². The highest BCUT2D eigenvalue weighted by molar-refractivity contribution is 7.13. The summed E-state index contributed by atoms with van der Waals surface area (Å²) < 4.78 is 1.69. The number of fused-ring (bicyclic) bond motifs is 1. The fourth-order valence-corrected chi connectivity index (χ4v) is 3.84. The quantitative estimate of drug-likeness (QED) is 0.435. The lowest BCUT2D eigenvalue weighted by Crippen LogP contribution is -2.12. The van der Waals surface area contributed by atoms with Crippen LogP contribution in [0.1, 0.15) is 21.6 Å². The Labute approximate surface area is 182 Å². The number of benzene rings is 1. The van der Waals surface area contributed by atoms with Crippen molar-refractivity contribution in [3.8, 4) is 22.4 Å². The molecule has 5 rings (SSSR count). The number of hydrogen-bond donors (Lipinski definition) is 1. The number of pyridine rings is 1. The Morgan fingerprint density at radius 1 is 0.968 bits per heavy atom. The Balaban J connectivity index is 1.41. The monoisotopic (exact) mass is 421 g/mol. The summed E-state index contributed by atoms with van der Waals surface area (Å²) in [6, 6.07) is 18.8. The molecule has 0 atom stereocenters. The number of aromatic nitrogens is 4. The number of anilines is 1. The van der Waals surface area contributed by atoms with Gasteiger partial charge in [0.2, 0.25) is 0 Å². The third-order valence-electron chi connectivity index (χ3n) is 4.54. The van der Waals surface area contributed by atoms with Crippen LogP contribution in [0.4, 0.5) is 5.69 Å². The summed E-state index contributed by atoms with van der Waals surface area (Å²) in [7, 11) is 0. The number of carbonyl (C=O) groups excluding carboxylic acids is 1. The van der Waals surface area contributed by atoms with Gasteiger partial charge in [0.05, 0.1) is 16.8 Å². The maximum absolute atomic E-state index is 12.9. The van der Waals surface area contributed by atoms with Crippen LogP contribution in [0, 0.1) is 11.8 Å². The van der Waals surface area contributed by atoms with Gasteiger partial charge in [-0.1, -0.05) is 24.1 Å². The second kappa shape index (κ2) is 8.22. The summed E-state index contributed by atoms with van der Waals surface area (Å²) in [5, 5.41) is 9.31. The van der Waals surface area contributed by atoms with E-state index >= 15 is 0 Å². The molecule has 5 aromatic rings. The van der Waals surface area contributed by atoms with Gasteiger partial charge in [-0.2, -0.15) is 5.10 Å². The Bertz CT molecular complexity index is 1430. The Kier molecular flexibility index (Phi) is 4.97. The molecule has 31 heavy (non-hydrogen) atoms. The van der Waals surface area contributed by atoms with E-state index in [0.29, 0.717) is 22.6 Å². The molecule has 0 saturated carbocycles. The van der Waals surface area contributed by atoms with E-state index in [0.717, 1.165) is 16.1 Å². The van der Waals surface area contributed by atoms with Crippen LogP contribution in [0.5, 0.6) is 0 Å². The van der Waals surface area contributed by atoms with Crippen molar-refractivity contribution in [1.29, 1.82) is 0 Å². The first-order valence-electron chi connectivity index (χ1n) is 9.49. The van der Waals surface area contributed by atoms with Crippen molar-refractivity contribution >= 4 is 28.6 Å². The summed E-state index contributed by atoms with van der Waals surface area (Å²) in [6.45, 7) is 0. The van der Waals surface area contributed by atoms with Gasteiger partial charge in [0.15, 0.2) is 5.65 Å². The number of carbonyl (C=O) groups is 1. The van der Waals surface area contributed by atoms with Gasteiger partial charge in [-0.25, -0.2) is 14.5 Å². The maximum atomic E-state index is 12.9. The number of hydrogen-bond acceptors (Lipinski definition) is 5. The van der Waals surface area contributed by atoms with Gasteiger partial charge in [-0.05, 0) is 53.8 Å². The number of nitrogens with zero attached hydrogens (tertiary/aromatic N) is 4. The molecular formula is C24H15N5OS. The third kappa shape index (κ3) is 3.92. The van der Waals surface area contributed by atoms with E-state index in [4.69, 9.17) is 0 Å². The second-order valence-electron chi connectivity index (χ2n) is 6.60. The minimum atomic E-state index is -0.277. The Hall–Kier alpha value is -4.28. The summed E-state index contributed by atoms with van der Waals surface area (Å²) in [5.41, 5.74) is 3.92. The molecule has 7 heteroatoms. The van der Waals surface area contributed by atoms with Crippen molar-refractivity contribution in [2.45, 2.75) is 0 Å². The third-order valence-corrected chi connectivity index (χ3v) is 5.43. The number of thiophene rings is 1. The molecule has 0 radical (unpaired) electrons. The SMILES string of the molecule is O=C(Nc1cccc(C#Cc2ccccn2)c1)c1cnn2c(-c3cccs3)ccnc12. The van der Waals surface area contributed by atoms with Crippen LogP contribution in [0.2, 0.25) is 0 Å². The van der Waals surface area contributed by atoms with Crippen molar-refractivity contribution in [2.24, 2.45) is 0 Å². The zero-order valence-electron chi connectivity index (χ0n) is 16.2. The van der Waals surface area contributed by atoms with Gasteiger partial charge in [0.25, 0.3) is 5.91 Å². The van der Waals surface area contributed by atoms with Gasteiger partial charge in [-0.15, -0.1) is 11.3 Å². The minimum Gasteiger partial charge on any atom is -0.322 e. The first-order valence-corrected chi connectivity index (χ1v) is 10.4. The highest BCUT2D eigenvalue weighted by Gasteiger charge is 2.16. The lowest BCUT2D eigenvalue weighted by molar-refractivity contribution is 0.102. The van der Waals surface area contributed by atoms with Crippen LogP contribution in [0.3, 0.4) is 0 Å². The van der Waals surface area contributed by atoms with E-state index < -0.39 is 0 Å². The lowest BCUT2D eigenvalue weighted by Gasteiger charge is -2.05. The average Bonchev–Trinajstić information content (AvgIpc) is 3.49. The van der Waals surface area contributed by atoms with Crippen molar-refractivity contribution in [1.82, 2.24) is 19.6 Å². The molecule has 6 nitrogen and oxygen atoms in total. The van der Waals surface area contributed by atoms with E-state index in [1.54, 1.807) is 34.4 Å². The van der Waals surface area contributed by atoms with Crippen molar-refractivity contribution < 1.29 is 4.79 Å². The van der Waals surface area contributed by atoms with Crippen molar-refractivity contribution in [3.05, 3.63) is 101 Å². The van der Waals surface area contributed by atoms with E-state index in [2.05, 4.69) is 32.2 Å². The van der Waals surface area contributed by atoms with E-state index in [9.17, 15) is 4.79 Å². The average molecular weight is 421 g/mol. The number of rotatable bonds is 3. The molecule has 0 fully saturated rings. The Morgan fingerprint density at radius 2 is 1.94 bits per heavy atom. The predicted molar refractivity (Wildman–Crippen MR) is 121 cm³/mol. The summed E-state index contributed by atoms with van der Waals surface area (Å²) in [6.07, 6.45) is 4.94. The predicted octanol–water partition coefficient (Wildman–Crippen LogP) is 4.50. The molecule has 148 valence electrons. The molecule has 0 saturated heterocycles. The molecule has 4 heterocycles. The van der Waals surface area contributed by atoms with Crippen LogP contribution >= 0.6 is 11.3 Å². The second-order valence-corrected chi connectivity index (χ2v) is 7.55. The highest BCUT2D eigenvalue weighted by atomic mass is 32.1. The zero-order valence-corrected chi connectivity index (χ0v) is 17.0. The fourth-order valence-electron chi connectivity index (χ4n) is 3.11. The lowest BCUT2D eigenvalue weighted by atomic mass is 10.2. The molecular weight excluding hydrogens is 406 g/mol. The molecule has 0 unspecified atom stereocenters. The van der Waals surface area contributed by atoms with E-state index in [1.165, 1.54) is 0 Å². The fraction of sp³-hybridized carbons (Fsp3) is 0. The van der Waals surface area contributed by atoms with Crippen LogP contribution in [-0.4, -0.2) is 25.5 Å². The van der Waals surface area contributed by atoms with Gasteiger partial charge in [-0.3, -0.25) is 4.79 Å². The standard InChI is InChI=1S/C24H15N5OS/c30-24(20-16-27-29-21(11-13-26-23(20)29)22-8-4-14-31-22)28-19-7-3-5-17(15-19)9-10-18-6-1-2-12-25-18/h1-8,11-16H,(H,28,30). The zero-order chi connectivity index (χ0) is 21.0. The first kappa shape index (κ1) is 18.7. The van der Waals surface area contributed by atoms with Crippen LogP contribution < -0.4 is 5.32 Å². The van der Waals surface area contributed by atoms with Gasteiger partial charge >= 0.3 is 0 Å². The van der Waals surface area contributed by atoms with Crippen molar-refractivity contribution in [3.63, 3.8) is 0 Å². The number of amides is 1. The van der Waals surface area contributed by atoms with Crippen LogP contribution in [0.15, 0.2) is 84.6 Å². The molecule has 1 aromatic carbocycles. The van der Waals surface area contributed by atoms with Gasteiger partial charge in [0, 0.05) is 23.6 Å². The summed E-state index contributed by atoms with van der Waals surface area (Å²) >= 11 is 1.61. The molecule has 0 aliphatic rings. The molecule has 0 aliphatic carbocycles. The summed E-state index contributed by atoms with van der Waals surface area (Å²) in [4.78, 5) is 22.6. The van der Waals surface area contributed by atoms with Gasteiger partial charge in [0.1, 0.15) is 11.3 Å². The highest BCUT2D eigenvalue weighted by Crippen LogP contribution is 2.25. The largest absolute Gasteiger partial charge is 0.322 e. The molecule has 0 spiro atoms. The topological polar surface area (TPSA) is 72.2 Å². The number of nitrogens with one attached hydrogen (secondary N) is 1. The van der Waals surface area contributed by atoms with E-state index in [-0.39, 0.29) is 5.91 Å². The molecule has 0 aliphatic heterocycles. The molecule has 4 aromatic heterocycles. The van der Waals surface area contributed by atoms with E-state index in [1.807, 2.05) is 66.0 Å². The molecule has 1 amide bonds. The van der Waals surface area contributed by atoms with Crippen LogP contribution in [0.25, 0.3) is 16.2 Å². The molecule has 0 bridgehead atoms.